The van der Waals surface area contributed by atoms with Crippen molar-refractivity contribution in [2.24, 2.45) is 0 Å². The number of carbonyl (C=O) groups excluding carboxylic acids is 2. The van der Waals surface area contributed by atoms with E-state index in [-0.39, 0.29) is 22.6 Å². The molecule has 0 N–H and O–H groups in total. The van der Waals surface area contributed by atoms with Crippen LogP contribution in [0.4, 0.5) is 13.2 Å². The number of hydrogen-bond donors (Lipinski definition) is 0. The molecule has 1 aliphatic rings. The zero-order valence-electron chi connectivity index (χ0n) is 22.5. The number of halogens is 3. The Morgan fingerprint density at radius 3 is 1.21 bits per heavy atom. The Bertz CT molecular complexity index is 882. The molecule has 1 radical (unpaired) electrons. The van der Waals surface area contributed by atoms with Crippen LogP contribution in [0, 0.1) is 0 Å². The number of carboxylic acid groups (broad SMARTS) is 1. The Labute approximate surface area is 234 Å². The van der Waals surface area contributed by atoms with Gasteiger partial charge in [0.25, 0.3) is 0 Å². The standard InChI is InChI=1S/C15H33N3.C8H6O3.CHF3O3S.Fe/c1-13(2)16-7-9-17(14(3)4)11-12-18(10-8-16)15(5)6;9-7(8(10)11)6-4-2-1-3-5-6;2-1(3,4)8(5,6)7;/h13-15H,7-12H2,1-6H3;1-5H,(H,10,11);(H,5,6,7);/q;;;+5/p-2. The third-order valence-electron chi connectivity index (χ3n) is 5.72. The first-order valence-electron chi connectivity index (χ1n) is 11.9. The minimum atomic E-state index is -6.09. The SMILES string of the molecule is CC(C)N1CCN(C(C)C)CCN(C(C)C)CC1.O=C([O-])C(=O)c1ccccc1.O=S(=O)([O-])C(F)(F)F.[Fe+5]. The van der Waals surface area contributed by atoms with Gasteiger partial charge in [-0.3, -0.25) is 19.5 Å². The zero-order chi connectivity index (χ0) is 29.0. The van der Waals surface area contributed by atoms with Crippen molar-refractivity contribution in [2.75, 3.05) is 39.3 Å². The first-order valence-corrected chi connectivity index (χ1v) is 13.3. The number of hydrogen-bond acceptors (Lipinski definition) is 9. The average Bonchev–Trinajstić information content (AvgIpc) is 2.89. The number of Topliss-reactive ketones (excluding diaryl/α,β-unsaturated/α-hetero) is 1. The van der Waals surface area contributed by atoms with E-state index >= 15 is 0 Å². The van der Waals surface area contributed by atoms with Gasteiger partial charge in [0.1, 0.15) is 5.97 Å². The number of aliphatic carboxylic acids is 1. The maximum Gasteiger partial charge on any atom is 5.00 e. The molecule has 2 rings (SSSR count). The fraction of sp³-hybridized carbons (Fsp3) is 0.667. The molecule has 0 atom stereocenters. The number of ketones is 1. The maximum absolute atomic E-state index is 10.7. The molecule has 217 valence electrons. The number of alkyl halides is 3. The number of carbonyl (C=O) groups is 2. The predicted molar refractivity (Wildman–Crippen MR) is 132 cm³/mol. The predicted octanol–water partition coefficient (Wildman–Crippen LogP) is 1.80. The quantitative estimate of drug-likeness (QED) is 0.162. The summed E-state index contributed by atoms with van der Waals surface area (Å²) in [6.07, 6.45) is 0. The van der Waals surface area contributed by atoms with Crippen molar-refractivity contribution < 1.29 is 57.9 Å². The van der Waals surface area contributed by atoms with Crippen molar-refractivity contribution in [3.05, 3.63) is 35.9 Å². The van der Waals surface area contributed by atoms with E-state index < -0.39 is 27.4 Å². The Morgan fingerprint density at radius 2 is 1.03 bits per heavy atom. The van der Waals surface area contributed by atoms with Crippen molar-refractivity contribution in [3.8, 4) is 0 Å². The van der Waals surface area contributed by atoms with Gasteiger partial charge in [0, 0.05) is 63.0 Å². The van der Waals surface area contributed by atoms with E-state index in [4.69, 9.17) is 13.0 Å². The summed E-state index contributed by atoms with van der Waals surface area (Å²) in [7, 11) is -6.09. The summed E-state index contributed by atoms with van der Waals surface area (Å²) in [6, 6.07) is 9.72. The molecule has 0 aromatic heterocycles. The number of carboxylic acids is 1. The molecule has 1 saturated heterocycles. The smallest absolute Gasteiger partial charge is 0.741 e. The second-order valence-electron chi connectivity index (χ2n) is 9.27. The Kier molecular flexibility index (Phi) is 18.2. The molecule has 0 bridgehead atoms. The molecule has 1 heterocycles. The molecular formula is C24H38F3FeN3O6S+3. The van der Waals surface area contributed by atoms with Crippen molar-refractivity contribution >= 4 is 21.9 Å². The van der Waals surface area contributed by atoms with Crippen LogP contribution in [-0.2, 0) is 32.0 Å². The number of benzene rings is 1. The van der Waals surface area contributed by atoms with Crippen LogP contribution >= 0.6 is 0 Å². The second kappa shape index (κ2) is 17.9. The van der Waals surface area contributed by atoms with Crippen LogP contribution < -0.4 is 5.11 Å². The first kappa shape index (κ1) is 38.6. The summed E-state index contributed by atoms with van der Waals surface area (Å²) in [4.78, 5) is 28.6. The van der Waals surface area contributed by atoms with E-state index in [1.165, 1.54) is 51.4 Å². The molecule has 14 heteroatoms. The number of rotatable bonds is 5. The van der Waals surface area contributed by atoms with Crippen LogP contribution in [-0.4, -0.2) is 102 Å². The minimum absolute atomic E-state index is 0. The molecule has 0 unspecified atom stereocenters. The van der Waals surface area contributed by atoms with Crippen LogP contribution in [0.2, 0.25) is 0 Å². The van der Waals surface area contributed by atoms with E-state index in [0.717, 1.165) is 0 Å². The second-order valence-corrected chi connectivity index (χ2v) is 10.6. The summed E-state index contributed by atoms with van der Waals surface area (Å²) >= 11 is 0. The Hall–Kier alpha value is -1.54. The van der Waals surface area contributed by atoms with Gasteiger partial charge in [0.15, 0.2) is 10.1 Å². The summed E-state index contributed by atoms with van der Waals surface area (Å²) in [5.41, 5.74) is -5.50. The fourth-order valence-corrected chi connectivity index (χ4v) is 3.36. The van der Waals surface area contributed by atoms with Gasteiger partial charge in [-0.2, -0.15) is 13.2 Å². The van der Waals surface area contributed by atoms with Gasteiger partial charge >= 0.3 is 22.6 Å². The van der Waals surface area contributed by atoms with E-state index in [1.807, 2.05) is 0 Å². The minimum Gasteiger partial charge on any atom is -0.741 e. The molecule has 0 aliphatic carbocycles. The van der Waals surface area contributed by atoms with Crippen LogP contribution in [0.15, 0.2) is 30.3 Å². The first-order chi connectivity index (χ1) is 16.9. The molecule has 1 aromatic carbocycles. The van der Waals surface area contributed by atoms with Gasteiger partial charge in [-0.1, -0.05) is 30.3 Å². The van der Waals surface area contributed by atoms with E-state index in [1.54, 1.807) is 18.2 Å². The Balaban J connectivity index is 0. The van der Waals surface area contributed by atoms with Crippen molar-refractivity contribution in [1.82, 2.24) is 14.7 Å². The number of nitrogens with zero attached hydrogens (tertiary/aromatic N) is 3. The molecule has 1 aliphatic heterocycles. The van der Waals surface area contributed by atoms with Crippen molar-refractivity contribution in [2.45, 2.75) is 65.2 Å². The van der Waals surface area contributed by atoms with Crippen molar-refractivity contribution in [1.29, 1.82) is 0 Å². The molecule has 0 saturated carbocycles. The van der Waals surface area contributed by atoms with Gasteiger partial charge in [0.05, 0.1) is 0 Å². The Morgan fingerprint density at radius 1 is 0.763 bits per heavy atom. The summed E-state index contributed by atoms with van der Waals surface area (Å²) < 4.78 is 58.9. The largest absolute Gasteiger partial charge is 5.00 e. The summed E-state index contributed by atoms with van der Waals surface area (Å²) in [5.74, 6) is -2.65. The molecule has 38 heavy (non-hydrogen) atoms. The third kappa shape index (κ3) is 15.2. The third-order valence-corrected chi connectivity index (χ3v) is 6.29. The van der Waals surface area contributed by atoms with Crippen LogP contribution in [0.1, 0.15) is 51.9 Å². The monoisotopic (exact) mass is 609 g/mol. The average molecular weight is 609 g/mol. The van der Waals surface area contributed by atoms with Gasteiger partial charge in [-0.25, -0.2) is 8.42 Å². The summed E-state index contributed by atoms with van der Waals surface area (Å²) in [6.45, 7) is 21.2. The van der Waals surface area contributed by atoms with Crippen molar-refractivity contribution in [3.63, 3.8) is 0 Å². The summed E-state index contributed by atoms with van der Waals surface area (Å²) in [5, 5.41) is 10.0. The normalized spacial score (nSPS) is 16.2. The molecule has 1 aromatic rings. The molecule has 1 fully saturated rings. The van der Waals surface area contributed by atoms with Gasteiger partial charge in [-0.05, 0) is 41.5 Å². The van der Waals surface area contributed by atoms with Gasteiger partial charge in [0.2, 0.25) is 5.78 Å². The topological polar surface area (TPSA) is 124 Å². The molecular weight excluding hydrogens is 571 g/mol. The fourth-order valence-electron chi connectivity index (χ4n) is 3.36. The maximum atomic E-state index is 10.7. The molecule has 0 spiro atoms. The van der Waals surface area contributed by atoms with Gasteiger partial charge in [-0.15, -0.1) is 0 Å². The molecule has 9 nitrogen and oxygen atoms in total. The van der Waals surface area contributed by atoms with E-state index in [0.29, 0.717) is 18.1 Å². The molecule has 0 amide bonds. The van der Waals surface area contributed by atoms with Crippen LogP contribution in [0.5, 0.6) is 0 Å². The van der Waals surface area contributed by atoms with E-state index in [2.05, 4.69) is 56.2 Å². The van der Waals surface area contributed by atoms with Gasteiger partial charge < -0.3 is 14.5 Å². The van der Waals surface area contributed by atoms with E-state index in [9.17, 15) is 27.9 Å². The zero-order valence-corrected chi connectivity index (χ0v) is 24.5. The van der Waals surface area contributed by atoms with Crippen LogP contribution in [0.25, 0.3) is 0 Å². The van der Waals surface area contributed by atoms with Crippen LogP contribution in [0.3, 0.4) is 0 Å².